The van der Waals surface area contributed by atoms with Crippen LogP contribution in [0.5, 0.6) is 0 Å². The number of aryl methyl sites for hydroxylation is 1. The Morgan fingerprint density at radius 3 is 2.86 bits per heavy atom. The summed E-state index contributed by atoms with van der Waals surface area (Å²) in [7, 11) is 2.05. The van der Waals surface area contributed by atoms with E-state index in [1.54, 1.807) is 17.7 Å². The second-order valence-electron chi connectivity index (χ2n) is 5.08. The summed E-state index contributed by atoms with van der Waals surface area (Å²) in [5.74, 6) is 0.971. The summed E-state index contributed by atoms with van der Waals surface area (Å²) in [4.78, 5) is 13.4. The van der Waals surface area contributed by atoms with Crippen molar-refractivity contribution in [2.45, 2.75) is 19.9 Å². The van der Waals surface area contributed by atoms with Crippen LogP contribution in [0.2, 0.25) is 0 Å². The first-order valence-electron chi connectivity index (χ1n) is 6.96. The average molecular weight is 298 g/mol. The highest BCUT2D eigenvalue weighted by molar-refractivity contribution is 7.18. The fourth-order valence-corrected chi connectivity index (χ4v) is 3.34. The molecule has 2 N–H and O–H groups in total. The van der Waals surface area contributed by atoms with Gasteiger partial charge in [-0.3, -0.25) is 0 Å². The van der Waals surface area contributed by atoms with Gasteiger partial charge in [-0.25, -0.2) is 9.97 Å². The molecule has 5 heteroatoms. The van der Waals surface area contributed by atoms with Crippen LogP contribution in [0.3, 0.4) is 0 Å². The Balaban J connectivity index is 1.94. The SMILES string of the molecule is CCc1cc2c(N(C)Cc3cccc(N)c3)ncnc2s1. The number of aromatic nitrogens is 2. The zero-order valence-corrected chi connectivity index (χ0v) is 13.0. The number of nitrogens with two attached hydrogens (primary N) is 1. The molecule has 0 fully saturated rings. The Morgan fingerprint density at radius 2 is 2.10 bits per heavy atom. The molecule has 0 aliphatic carbocycles. The molecule has 1 aromatic carbocycles. The number of anilines is 2. The first-order chi connectivity index (χ1) is 10.2. The van der Waals surface area contributed by atoms with Gasteiger partial charge in [-0.1, -0.05) is 19.1 Å². The van der Waals surface area contributed by atoms with Crippen LogP contribution in [-0.2, 0) is 13.0 Å². The van der Waals surface area contributed by atoms with Gasteiger partial charge in [0.25, 0.3) is 0 Å². The van der Waals surface area contributed by atoms with Crippen molar-refractivity contribution < 1.29 is 0 Å². The second-order valence-corrected chi connectivity index (χ2v) is 6.20. The lowest BCUT2D eigenvalue weighted by Crippen LogP contribution is -2.18. The summed E-state index contributed by atoms with van der Waals surface area (Å²) in [5, 5.41) is 1.13. The van der Waals surface area contributed by atoms with Crippen LogP contribution < -0.4 is 10.6 Å². The zero-order chi connectivity index (χ0) is 14.8. The molecule has 2 aromatic heterocycles. The largest absolute Gasteiger partial charge is 0.399 e. The van der Waals surface area contributed by atoms with Gasteiger partial charge in [0.1, 0.15) is 17.0 Å². The van der Waals surface area contributed by atoms with Crippen LogP contribution in [-0.4, -0.2) is 17.0 Å². The molecule has 0 aliphatic rings. The van der Waals surface area contributed by atoms with Gasteiger partial charge in [-0.15, -0.1) is 11.3 Å². The third kappa shape index (κ3) is 2.83. The molecule has 3 rings (SSSR count). The number of nitrogens with zero attached hydrogens (tertiary/aromatic N) is 3. The molecule has 0 atom stereocenters. The number of fused-ring (bicyclic) bond motifs is 1. The van der Waals surface area contributed by atoms with Crippen LogP contribution in [0.4, 0.5) is 11.5 Å². The lowest BCUT2D eigenvalue weighted by molar-refractivity contribution is 0.901. The van der Waals surface area contributed by atoms with E-state index in [2.05, 4.69) is 33.9 Å². The van der Waals surface area contributed by atoms with E-state index in [1.807, 2.05) is 25.2 Å². The standard InChI is InChI=1S/C16H18N4S/c1-3-13-8-14-15(18-10-19-16(14)21-13)20(2)9-11-5-4-6-12(17)7-11/h4-8,10H,3,9,17H2,1-2H3. The highest BCUT2D eigenvalue weighted by atomic mass is 32.1. The molecule has 21 heavy (non-hydrogen) atoms. The van der Waals surface area contributed by atoms with Crippen molar-refractivity contribution in [1.82, 2.24) is 9.97 Å². The van der Waals surface area contributed by atoms with E-state index >= 15 is 0 Å². The first kappa shape index (κ1) is 13.8. The number of hydrogen-bond acceptors (Lipinski definition) is 5. The number of rotatable bonds is 4. The van der Waals surface area contributed by atoms with Gasteiger partial charge in [0.2, 0.25) is 0 Å². The smallest absolute Gasteiger partial charge is 0.140 e. The maximum absolute atomic E-state index is 5.84. The molecule has 108 valence electrons. The van der Waals surface area contributed by atoms with Crippen molar-refractivity contribution in [1.29, 1.82) is 0 Å². The van der Waals surface area contributed by atoms with Gasteiger partial charge in [-0.2, -0.15) is 0 Å². The summed E-state index contributed by atoms with van der Waals surface area (Å²) in [6.07, 6.45) is 2.67. The van der Waals surface area contributed by atoms with Gasteiger partial charge in [0.05, 0.1) is 5.39 Å². The van der Waals surface area contributed by atoms with Crippen molar-refractivity contribution in [3.05, 3.63) is 47.1 Å². The Hall–Kier alpha value is -2.14. The molecule has 0 aliphatic heterocycles. The average Bonchev–Trinajstić information content (AvgIpc) is 2.90. The summed E-state index contributed by atoms with van der Waals surface area (Å²) < 4.78 is 0. The molecule has 0 bridgehead atoms. The normalized spacial score (nSPS) is 11.0. The first-order valence-corrected chi connectivity index (χ1v) is 7.78. The molecule has 0 spiro atoms. The Labute approximate surface area is 128 Å². The summed E-state index contributed by atoms with van der Waals surface area (Å²) >= 11 is 1.74. The van der Waals surface area contributed by atoms with Crippen molar-refractivity contribution in [2.24, 2.45) is 0 Å². The van der Waals surface area contributed by atoms with E-state index in [-0.39, 0.29) is 0 Å². The third-order valence-electron chi connectivity index (χ3n) is 3.44. The summed E-state index contributed by atoms with van der Waals surface area (Å²) in [6, 6.07) is 10.2. The van der Waals surface area contributed by atoms with Crippen LogP contribution in [0.25, 0.3) is 10.2 Å². The number of thiophene rings is 1. The van der Waals surface area contributed by atoms with Crippen molar-refractivity contribution in [2.75, 3.05) is 17.7 Å². The lowest BCUT2D eigenvalue weighted by atomic mass is 10.2. The predicted octanol–water partition coefficient (Wildman–Crippen LogP) is 3.47. The molecule has 2 heterocycles. The van der Waals surface area contributed by atoms with E-state index in [0.717, 1.165) is 34.7 Å². The lowest BCUT2D eigenvalue weighted by Gasteiger charge is -2.19. The van der Waals surface area contributed by atoms with Gasteiger partial charge in [0.15, 0.2) is 0 Å². The minimum atomic E-state index is 0.772. The Morgan fingerprint density at radius 1 is 1.24 bits per heavy atom. The highest BCUT2D eigenvalue weighted by Crippen LogP contribution is 2.30. The molecule has 0 unspecified atom stereocenters. The van der Waals surface area contributed by atoms with Gasteiger partial charge in [-0.05, 0) is 30.2 Å². The van der Waals surface area contributed by atoms with E-state index < -0.39 is 0 Å². The van der Waals surface area contributed by atoms with Gasteiger partial charge in [0, 0.05) is 24.2 Å². The Kier molecular flexibility index (Phi) is 3.75. The van der Waals surface area contributed by atoms with Crippen LogP contribution in [0.1, 0.15) is 17.4 Å². The summed E-state index contributed by atoms with van der Waals surface area (Å²) in [6.45, 7) is 2.93. The molecular formula is C16H18N4S. The molecular weight excluding hydrogens is 280 g/mol. The van der Waals surface area contributed by atoms with Gasteiger partial charge >= 0.3 is 0 Å². The quantitative estimate of drug-likeness (QED) is 0.749. The highest BCUT2D eigenvalue weighted by Gasteiger charge is 2.12. The summed E-state index contributed by atoms with van der Waals surface area (Å²) in [5.41, 5.74) is 7.81. The van der Waals surface area contributed by atoms with E-state index in [9.17, 15) is 0 Å². The second kappa shape index (κ2) is 5.69. The number of nitrogen functional groups attached to an aromatic ring is 1. The molecule has 0 saturated heterocycles. The van der Waals surface area contributed by atoms with E-state index in [1.165, 1.54) is 10.4 Å². The molecule has 0 saturated carbocycles. The van der Waals surface area contributed by atoms with Crippen LogP contribution >= 0.6 is 11.3 Å². The van der Waals surface area contributed by atoms with Crippen LogP contribution in [0.15, 0.2) is 36.7 Å². The topological polar surface area (TPSA) is 55.0 Å². The molecule has 0 radical (unpaired) electrons. The monoisotopic (exact) mass is 298 g/mol. The van der Waals surface area contributed by atoms with Crippen molar-refractivity contribution in [3.8, 4) is 0 Å². The van der Waals surface area contributed by atoms with Gasteiger partial charge < -0.3 is 10.6 Å². The molecule has 0 amide bonds. The maximum Gasteiger partial charge on any atom is 0.140 e. The Bertz CT molecular complexity index is 766. The number of hydrogen-bond donors (Lipinski definition) is 1. The zero-order valence-electron chi connectivity index (χ0n) is 12.2. The van der Waals surface area contributed by atoms with Crippen LogP contribution in [0, 0.1) is 0 Å². The third-order valence-corrected chi connectivity index (χ3v) is 4.63. The van der Waals surface area contributed by atoms with E-state index in [4.69, 9.17) is 5.73 Å². The molecule has 4 nitrogen and oxygen atoms in total. The van der Waals surface area contributed by atoms with Crippen molar-refractivity contribution >= 4 is 33.1 Å². The number of benzene rings is 1. The van der Waals surface area contributed by atoms with Crippen molar-refractivity contribution in [3.63, 3.8) is 0 Å². The fourth-order valence-electron chi connectivity index (χ4n) is 2.41. The molecule has 3 aromatic rings. The minimum Gasteiger partial charge on any atom is -0.399 e. The van der Waals surface area contributed by atoms with E-state index in [0.29, 0.717) is 0 Å². The minimum absolute atomic E-state index is 0.772. The fraction of sp³-hybridized carbons (Fsp3) is 0.250. The maximum atomic E-state index is 5.84. The predicted molar refractivity (Wildman–Crippen MR) is 89.8 cm³/mol.